The number of nitriles is 1. The number of benzene rings is 3. The Balaban J connectivity index is 1.71. The van der Waals surface area contributed by atoms with Crippen LogP contribution < -0.4 is 15.6 Å². The average Bonchev–Trinajstić information content (AvgIpc) is 2.82. The van der Waals surface area contributed by atoms with Crippen molar-refractivity contribution in [2.24, 2.45) is 0 Å². The third kappa shape index (κ3) is 5.90. The van der Waals surface area contributed by atoms with E-state index >= 15 is 0 Å². The van der Waals surface area contributed by atoms with Crippen molar-refractivity contribution in [2.75, 3.05) is 4.72 Å². The van der Waals surface area contributed by atoms with Crippen LogP contribution in [0.25, 0.3) is 0 Å². The van der Waals surface area contributed by atoms with Crippen LogP contribution in [0.3, 0.4) is 0 Å². The van der Waals surface area contributed by atoms with E-state index in [-0.39, 0.29) is 21.7 Å². The molecule has 0 spiro atoms. The van der Waals surface area contributed by atoms with Crippen molar-refractivity contribution in [1.29, 1.82) is 5.26 Å². The highest BCUT2D eigenvalue weighted by Gasteiger charge is 2.30. The molecule has 34 heavy (non-hydrogen) atoms. The van der Waals surface area contributed by atoms with E-state index in [4.69, 9.17) is 5.26 Å². The lowest BCUT2D eigenvalue weighted by Gasteiger charge is -2.12. The highest BCUT2D eigenvalue weighted by Crippen LogP contribution is 2.31. The van der Waals surface area contributed by atoms with Crippen molar-refractivity contribution in [1.82, 2.24) is 10.9 Å². The number of sulfonamides is 1. The second-order valence-electron chi connectivity index (χ2n) is 6.81. The minimum atomic E-state index is -4.65. The Morgan fingerprint density at radius 3 is 2.06 bits per heavy atom. The van der Waals surface area contributed by atoms with Crippen LogP contribution in [0, 0.1) is 11.3 Å². The van der Waals surface area contributed by atoms with Crippen LogP contribution in [0.15, 0.2) is 77.7 Å². The molecular formula is C22H15F3N4O4S. The summed E-state index contributed by atoms with van der Waals surface area (Å²) in [5.74, 6) is -1.51. The molecule has 0 unspecified atom stereocenters. The first-order valence-electron chi connectivity index (χ1n) is 9.40. The van der Waals surface area contributed by atoms with E-state index in [1.54, 1.807) is 0 Å². The highest BCUT2D eigenvalue weighted by molar-refractivity contribution is 7.92. The lowest BCUT2D eigenvalue weighted by Crippen LogP contribution is -2.41. The molecule has 0 bridgehead atoms. The van der Waals surface area contributed by atoms with Crippen molar-refractivity contribution in [3.63, 3.8) is 0 Å². The Labute approximate surface area is 192 Å². The first-order chi connectivity index (χ1) is 16.0. The number of hydrogen-bond donors (Lipinski definition) is 3. The molecule has 174 valence electrons. The van der Waals surface area contributed by atoms with Gasteiger partial charge in [0.1, 0.15) is 0 Å². The van der Waals surface area contributed by atoms with Gasteiger partial charge in [-0.3, -0.25) is 25.2 Å². The average molecular weight is 488 g/mol. The zero-order valence-electron chi connectivity index (χ0n) is 17.1. The van der Waals surface area contributed by atoms with Crippen LogP contribution in [0.1, 0.15) is 31.8 Å². The Hall–Kier alpha value is -4.37. The summed E-state index contributed by atoms with van der Waals surface area (Å²) in [6, 6.07) is 15.9. The fraction of sp³-hybridized carbons (Fsp3) is 0.0455. The maximum Gasteiger partial charge on any atom is 0.416 e. The molecule has 0 aliphatic carbocycles. The summed E-state index contributed by atoms with van der Waals surface area (Å²) < 4.78 is 65.9. The minimum absolute atomic E-state index is 0.132. The number of nitrogens with one attached hydrogen (secondary N) is 3. The Morgan fingerprint density at radius 2 is 1.44 bits per heavy atom. The summed E-state index contributed by atoms with van der Waals surface area (Å²) in [6.45, 7) is 0. The van der Waals surface area contributed by atoms with Crippen LogP contribution >= 0.6 is 0 Å². The number of carbonyl (C=O) groups is 2. The largest absolute Gasteiger partial charge is 0.416 e. The number of rotatable bonds is 5. The molecule has 2 amide bonds. The molecule has 0 aliphatic rings. The summed E-state index contributed by atoms with van der Waals surface area (Å²) >= 11 is 0. The van der Waals surface area contributed by atoms with E-state index in [1.165, 1.54) is 36.4 Å². The van der Waals surface area contributed by atoms with Crippen molar-refractivity contribution < 1.29 is 31.2 Å². The van der Waals surface area contributed by atoms with Gasteiger partial charge in [-0.1, -0.05) is 12.1 Å². The van der Waals surface area contributed by atoms with E-state index in [0.29, 0.717) is 11.6 Å². The second-order valence-corrected chi connectivity index (χ2v) is 8.49. The molecule has 0 heterocycles. The van der Waals surface area contributed by atoms with Crippen molar-refractivity contribution in [3.8, 4) is 6.07 Å². The molecule has 0 aromatic heterocycles. The SMILES string of the molecule is N#Cc1ccc(C(=O)NNC(=O)c2cccc(S(=O)(=O)Nc3cccc(C(F)(F)F)c3)c2)cc1. The number of carbonyl (C=O) groups excluding carboxylic acids is 2. The lowest BCUT2D eigenvalue weighted by molar-refractivity contribution is -0.137. The maximum absolute atomic E-state index is 12.9. The van der Waals surface area contributed by atoms with Crippen LogP contribution in [-0.2, 0) is 16.2 Å². The van der Waals surface area contributed by atoms with Crippen LogP contribution in [0.5, 0.6) is 0 Å². The van der Waals surface area contributed by atoms with Crippen molar-refractivity contribution >= 4 is 27.5 Å². The first-order valence-corrected chi connectivity index (χ1v) is 10.9. The third-order valence-corrected chi connectivity index (χ3v) is 5.79. The molecule has 0 aliphatic heterocycles. The number of amides is 2. The molecule has 12 heteroatoms. The number of hydrazine groups is 1. The van der Waals surface area contributed by atoms with Crippen LogP contribution in [-0.4, -0.2) is 20.2 Å². The molecule has 8 nitrogen and oxygen atoms in total. The molecular weight excluding hydrogens is 473 g/mol. The van der Waals surface area contributed by atoms with Gasteiger partial charge >= 0.3 is 6.18 Å². The standard InChI is InChI=1S/C22H15F3N4O4S/c23-22(24,25)17-4-2-5-18(12-17)29-34(32,33)19-6-1-3-16(11-19)21(31)28-27-20(30)15-9-7-14(13-26)8-10-15/h1-12,29H,(H,27,30)(H,28,31). The second kappa shape index (κ2) is 9.63. The molecule has 0 saturated carbocycles. The zero-order chi connectivity index (χ0) is 24.9. The van der Waals surface area contributed by atoms with E-state index in [1.807, 2.05) is 10.8 Å². The smallest absolute Gasteiger partial charge is 0.280 e. The number of hydrogen-bond acceptors (Lipinski definition) is 5. The van der Waals surface area contributed by atoms with Gasteiger partial charge in [-0.05, 0) is 60.7 Å². The molecule has 3 aromatic rings. The topological polar surface area (TPSA) is 128 Å². The van der Waals surface area contributed by atoms with Gasteiger partial charge in [-0.15, -0.1) is 0 Å². The Morgan fingerprint density at radius 1 is 0.824 bits per heavy atom. The highest BCUT2D eigenvalue weighted by atomic mass is 32.2. The fourth-order valence-electron chi connectivity index (χ4n) is 2.73. The summed E-state index contributed by atoms with van der Waals surface area (Å²) in [7, 11) is -4.32. The quantitative estimate of drug-likeness (QED) is 0.474. The van der Waals surface area contributed by atoms with Crippen molar-refractivity contribution in [3.05, 3.63) is 95.1 Å². The minimum Gasteiger partial charge on any atom is -0.280 e. The van der Waals surface area contributed by atoms with Gasteiger partial charge in [0.15, 0.2) is 0 Å². The predicted octanol–water partition coefficient (Wildman–Crippen LogP) is 3.45. The van der Waals surface area contributed by atoms with Gasteiger partial charge in [-0.2, -0.15) is 18.4 Å². The van der Waals surface area contributed by atoms with E-state index in [2.05, 4.69) is 10.9 Å². The van der Waals surface area contributed by atoms with Crippen LogP contribution in [0.4, 0.5) is 18.9 Å². The maximum atomic E-state index is 12.9. The molecule has 3 aromatic carbocycles. The summed E-state index contributed by atoms with van der Waals surface area (Å²) in [4.78, 5) is 24.1. The van der Waals surface area contributed by atoms with Gasteiger partial charge in [0, 0.05) is 16.8 Å². The van der Waals surface area contributed by atoms with Gasteiger partial charge in [-0.25, -0.2) is 8.42 Å². The van der Waals surface area contributed by atoms with Gasteiger partial charge < -0.3 is 0 Å². The normalized spacial score (nSPS) is 11.2. The van der Waals surface area contributed by atoms with Crippen LogP contribution in [0.2, 0.25) is 0 Å². The molecule has 0 radical (unpaired) electrons. The predicted molar refractivity (Wildman–Crippen MR) is 115 cm³/mol. The number of anilines is 1. The molecule has 0 fully saturated rings. The first kappa shape index (κ1) is 24.3. The number of alkyl halides is 3. The van der Waals surface area contributed by atoms with Gasteiger partial charge in [0.05, 0.1) is 22.1 Å². The zero-order valence-corrected chi connectivity index (χ0v) is 17.9. The van der Waals surface area contributed by atoms with Crippen molar-refractivity contribution in [2.45, 2.75) is 11.1 Å². The molecule has 3 rings (SSSR count). The number of nitrogens with zero attached hydrogens (tertiary/aromatic N) is 1. The molecule has 0 atom stereocenters. The Bertz CT molecular complexity index is 1380. The fourth-order valence-corrected chi connectivity index (χ4v) is 3.83. The summed E-state index contributed by atoms with van der Waals surface area (Å²) in [5.41, 5.74) is 3.34. The van der Waals surface area contributed by atoms with Gasteiger partial charge in [0.25, 0.3) is 21.8 Å². The van der Waals surface area contributed by atoms with E-state index in [0.717, 1.165) is 30.3 Å². The summed E-state index contributed by atoms with van der Waals surface area (Å²) in [5, 5.41) is 8.78. The molecule has 0 saturated heterocycles. The monoisotopic (exact) mass is 488 g/mol. The van der Waals surface area contributed by atoms with E-state index < -0.39 is 33.6 Å². The van der Waals surface area contributed by atoms with Gasteiger partial charge in [0.2, 0.25) is 0 Å². The lowest BCUT2D eigenvalue weighted by atomic mass is 10.1. The summed E-state index contributed by atoms with van der Waals surface area (Å²) in [6.07, 6.45) is -4.65. The molecule has 3 N–H and O–H groups in total. The number of halogens is 3. The van der Waals surface area contributed by atoms with E-state index in [9.17, 15) is 31.2 Å². The Kier molecular flexibility index (Phi) is 6.88. The third-order valence-electron chi connectivity index (χ3n) is 4.41.